The van der Waals surface area contributed by atoms with Gasteiger partial charge in [-0.25, -0.2) is 9.13 Å². The molecule has 18 heavy (non-hydrogen) atoms. The SMILES string of the molecule is C=CCn1cc[n+](CC=C)c1.F[P-](F)(F)(F)(F)F. The molecule has 1 aromatic heterocycles. The van der Waals surface area contributed by atoms with E-state index in [1.807, 2.05) is 30.9 Å². The third-order valence-corrected chi connectivity index (χ3v) is 1.43. The fourth-order valence-corrected chi connectivity index (χ4v) is 0.953. The summed E-state index contributed by atoms with van der Waals surface area (Å²) in [5.41, 5.74) is 0. The zero-order valence-corrected chi connectivity index (χ0v) is 10.2. The molecule has 0 N–H and O–H groups in total. The minimum absolute atomic E-state index is 0.865. The maximum absolute atomic E-state index is 10.7. The average molecular weight is 294 g/mol. The van der Waals surface area contributed by atoms with Crippen LogP contribution in [0.2, 0.25) is 0 Å². The summed E-state index contributed by atoms with van der Waals surface area (Å²) in [5.74, 6) is 0. The van der Waals surface area contributed by atoms with E-state index in [0.717, 1.165) is 13.1 Å². The van der Waals surface area contributed by atoms with Gasteiger partial charge in [0, 0.05) is 0 Å². The van der Waals surface area contributed by atoms with E-state index in [4.69, 9.17) is 0 Å². The number of aromatic nitrogens is 2. The van der Waals surface area contributed by atoms with Crippen molar-refractivity contribution in [3.05, 3.63) is 44.0 Å². The molecule has 1 rings (SSSR count). The van der Waals surface area contributed by atoms with Crippen molar-refractivity contribution in [1.82, 2.24) is 4.57 Å². The summed E-state index contributed by atoms with van der Waals surface area (Å²) in [7, 11) is -10.7. The first kappa shape index (κ1) is 16.7. The zero-order chi connectivity index (χ0) is 14.5. The van der Waals surface area contributed by atoms with E-state index in [1.54, 1.807) is 0 Å². The quantitative estimate of drug-likeness (QED) is 0.334. The van der Waals surface area contributed by atoms with Crippen LogP contribution in [0.5, 0.6) is 0 Å². The van der Waals surface area contributed by atoms with Gasteiger partial charge in [-0.15, -0.1) is 0 Å². The summed E-state index contributed by atoms with van der Waals surface area (Å²) in [5, 5.41) is 0. The van der Waals surface area contributed by atoms with Crippen molar-refractivity contribution in [3.8, 4) is 0 Å². The van der Waals surface area contributed by atoms with E-state index >= 15 is 0 Å². The Bertz CT molecular complexity index is 383. The molecule has 0 bridgehead atoms. The summed E-state index contributed by atoms with van der Waals surface area (Å²) in [6.45, 7) is 9.05. The van der Waals surface area contributed by atoms with Crippen LogP contribution < -0.4 is 4.57 Å². The van der Waals surface area contributed by atoms with E-state index in [1.165, 1.54) is 0 Å². The number of hydrogen-bond donors (Lipinski definition) is 0. The van der Waals surface area contributed by atoms with E-state index in [9.17, 15) is 25.2 Å². The molecule has 1 heterocycles. The number of nitrogens with zero attached hydrogens (tertiary/aromatic N) is 2. The van der Waals surface area contributed by atoms with Gasteiger partial charge in [0.2, 0.25) is 6.33 Å². The van der Waals surface area contributed by atoms with Crippen LogP contribution >= 0.6 is 7.81 Å². The molecule has 2 nitrogen and oxygen atoms in total. The number of hydrogen-bond acceptors (Lipinski definition) is 0. The first-order valence-corrected chi connectivity index (χ1v) is 6.67. The number of allylic oxidation sites excluding steroid dienone is 2. The maximum atomic E-state index is 9.87. The predicted molar refractivity (Wildman–Crippen MR) is 58.6 cm³/mol. The van der Waals surface area contributed by atoms with Gasteiger partial charge in [0.25, 0.3) is 0 Å². The Morgan fingerprint density at radius 1 is 1.06 bits per heavy atom. The van der Waals surface area contributed by atoms with Crippen molar-refractivity contribution in [1.29, 1.82) is 0 Å². The van der Waals surface area contributed by atoms with Crippen molar-refractivity contribution in [2.45, 2.75) is 13.1 Å². The molecule has 0 aliphatic heterocycles. The van der Waals surface area contributed by atoms with E-state index in [2.05, 4.69) is 22.3 Å². The Kier molecular flexibility index (Phi) is 4.42. The molecular formula is C9H13F6N2P. The third-order valence-electron chi connectivity index (χ3n) is 1.43. The van der Waals surface area contributed by atoms with Crippen LogP contribution in [0.3, 0.4) is 0 Å². The molecule has 0 saturated carbocycles. The number of halogens is 6. The number of rotatable bonds is 4. The van der Waals surface area contributed by atoms with Gasteiger partial charge >= 0.3 is 33.0 Å². The van der Waals surface area contributed by atoms with Crippen molar-refractivity contribution in [3.63, 3.8) is 0 Å². The summed E-state index contributed by atoms with van der Waals surface area (Å²) < 4.78 is 63.3. The van der Waals surface area contributed by atoms with Crippen molar-refractivity contribution < 1.29 is 29.7 Å². The molecule has 0 aliphatic carbocycles. The fraction of sp³-hybridized carbons (Fsp3) is 0.222. The minimum atomic E-state index is -10.7. The Morgan fingerprint density at radius 2 is 1.56 bits per heavy atom. The van der Waals surface area contributed by atoms with Gasteiger partial charge in [-0.1, -0.05) is 25.3 Å². The van der Waals surface area contributed by atoms with Crippen molar-refractivity contribution in [2.75, 3.05) is 0 Å². The van der Waals surface area contributed by atoms with Crippen LogP contribution in [0.15, 0.2) is 44.0 Å². The van der Waals surface area contributed by atoms with Crippen LogP contribution in [-0.4, -0.2) is 4.57 Å². The molecule has 0 saturated heterocycles. The van der Waals surface area contributed by atoms with Gasteiger partial charge in [-0.05, 0) is 0 Å². The Hall–Kier alpha value is -1.30. The van der Waals surface area contributed by atoms with Gasteiger partial charge in [-0.2, -0.15) is 0 Å². The van der Waals surface area contributed by atoms with Crippen molar-refractivity contribution in [2.24, 2.45) is 0 Å². The Balaban J connectivity index is 0.000000360. The summed E-state index contributed by atoms with van der Waals surface area (Å²) in [4.78, 5) is 0. The second-order valence-electron chi connectivity index (χ2n) is 3.34. The second-order valence-corrected chi connectivity index (χ2v) is 5.26. The van der Waals surface area contributed by atoms with Gasteiger partial charge in [0.15, 0.2) is 0 Å². The molecule has 9 heteroatoms. The first-order valence-electron chi connectivity index (χ1n) is 4.65. The standard InChI is InChI=1S/C9H13N2.F6P/c1-3-5-10-7-8-11(9-10)6-4-2;1-7(2,3,4,5)6/h3-4,7-9H,1-2,5-6H2;/q+1;-1. The topological polar surface area (TPSA) is 8.81 Å². The normalized spacial score (nSPS) is 14.8. The molecular weight excluding hydrogens is 281 g/mol. The molecule has 0 fully saturated rings. The molecule has 0 unspecified atom stereocenters. The third kappa shape index (κ3) is 14.7. The van der Waals surface area contributed by atoms with Crippen LogP contribution in [0.1, 0.15) is 0 Å². The Labute approximate surface area is 100 Å². The monoisotopic (exact) mass is 294 g/mol. The van der Waals surface area contributed by atoms with Crippen LogP contribution in [0.25, 0.3) is 0 Å². The molecule has 0 aliphatic rings. The molecule has 1 aromatic rings. The predicted octanol–water partition coefficient (Wildman–Crippen LogP) is 4.53. The van der Waals surface area contributed by atoms with Crippen molar-refractivity contribution >= 4 is 7.81 Å². The first-order chi connectivity index (χ1) is 7.81. The van der Waals surface area contributed by atoms with Crippen LogP contribution in [-0.2, 0) is 13.1 Å². The molecule has 0 amide bonds. The fourth-order valence-electron chi connectivity index (χ4n) is 0.953. The summed E-state index contributed by atoms with van der Waals surface area (Å²) >= 11 is 0. The second kappa shape index (κ2) is 4.76. The van der Waals surface area contributed by atoms with Crippen LogP contribution in [0.4, 0.5) is 25.2 Å². The van der Waals surface area contributed by atoms with Gasteiger partial charge in [0.1, 0.15) is 25.5 Å². The molecule has 0 aromatic carbocycles. The van der Waals surface area contributed by atoms with E-state index in [0.29, 0.717) is 0 Å². The van der Waals surface area contributed by atoms with Gasteiger partial charge in [-0.3, -0.25) is 0 Å². The van der Waals surface area contributed by atoms with Crippen LogP contribution in [0, 0.1) is 0 Å². The summed E-state index contributed by atoms with van der Waals surface area (Å²) in [6.07, 6.45) is 9.82. The molecule has 0 atom stereocenters. The van der Waals surface area contributed by atoms with Gasteiger partial charge in [0.05, 0.1) is 0 Å². The van der Waals surface area contributed by atoms with E-state index < -0.39 is 7.81 Å². The van der Waals surface area contributed by atoms with Gasteiger partial charge < -0.3 is 0 Å². The van der Waals surface area contributed by atoms with E-state index in [-0.39, 0.29) is 0 Å². The molecule has 0 spiro atoms. The zero-order valence-electron chi connectivity index (χ0n) is 9.32. The average Bonchev–Trinajstić information content (AvgIpc) is 2.48. The Morgan fingerprint density at radius 3 is 1.94 bits per heavy atom. The molecule has 106 valence electrons. The molecule has 0 radical (unpaired) electrons. The number of imidazole rings is 1. The summed E-state index contributed by atoms with van der Waals surface area (Å²) in [6, 6.07) is 0.